The topological polar surface area (TPSA) is 79.5 Å². The Morgan fingerprint density at radius 1 is 1.25 bits per heavy atom. The highest BCUT2D eigenvalue weighted by Crippen LogP contribution is 2.18. The number of aromatic carboxylic acids is 1. The zero-order valence-electron chi connectivity index (χ0n) is 10.7. The van der Waals surface area contributed by atoms with E-state index >= 15 is 0 Å². The summed E-state index contributed by atoms with van der Waals surface area (Å²) in [7, 11) is 0. The number of benzene rings is 1. The van der Waals surface area contributed by atoms with Crippen LogP contribution in [0.1, 0.15) is 16.1 Å². The van der Waals surface area contributed by atoms with Crippen molar-refractivity contribution in [1.29, 1.82) is 0 Å². The summed E-state index contributed by atoms with van der Waals surface area (Å²) in [5.41, 5.74) is 2.53. The molecule has 20 heavy (non-hydrogen) atoms. The highest BCUT2D eigenvalue weighted by Gasteiger charge is 2.09. The van der Waals surface area contributed by atoms with Gasteiger partial charge in [0.15, 0.2) is 17.2 Å². The van der Waals surface area contributed by atoms with Crippen LogP contribution in [-0.2, 0) is 0 Å². The molecule has 6 nitrogen and oxygen atoms in total. The molecule has 0 aliphatic heterocycles. The Labute approximate surface area is 114 Å². The number of aromatic nitrogens is 3. The molecule has 0 saturated carbocycles. The fraction of sp³-hybridized carbons (Fsp3) is 0.0714. The second-order valence-electron chi connectivity index (χ2n) is 4.39. The van der Waals surface area contributed by atoms with Gasteiger partial charge in [0.2, 0.25) is 0 Å². The summed E-state index contributed by atoms with van der Waals surface area (Å²) < 4.78 is 1.45. The summed E-state index contributed by atoms with van der Waals surface area (Å²) in [5.74, 6) is -0.440. The second-order valence-corrected chi connectivity index (χ2v) is 4.39. The third kappa shape index (κ3) is 2.18. The van der Waals surface area contributed by atoms with E-state index in [1.54, 1.807) is 12.1 Å². The molecule has 0 fully saturated rings. The molecular formula is C14H12N4O2. The van der Waals surface area contributed by atoms with Gasteiger partial charge in [-0.3, -0.25) is 0 Å². The third-order valence-corrected chi connectivity index (χ3v) is 2.95. The lowest BCUT2D eigenvalue weighted by molar-refractivity contribution is 0.0691. The highest BCUT2D eigenvalue weighted by molar-refractivity contribution is 5.86. The largest absolute Gasteiger partial charge is 0.476 e. The number of para-hydroxylation sites is 1. The van der Waals surface area contributed by atoms with Crippen molar-refractivity contribution in [2.24, 2.45) is 0 Å². The number of nitrogens with zero attached hydrogens (tertiary/aromatic N) is 3. The van der Waals surface area contributed by atoms with Gasteiger partial charge in [-0.05, 0) is 30.7 Å². The van der Waals surface area contributed by atoms with Gasteiger partial charge >= 0.3 is 5.97 Å². The maximum Gasteiger partial charge on any atom is 0.356 e. The number of nitrogens with one attached hydrogen (secondary N) is 1. The van der Waals surface area contributed by atoms with Gasteiger partial charge in [-0.2, -0.15) is 0 Å². The number of imidazole rings is 1. The van der Waals surface area contributed by atoms with Gasteiger partial charge in [0.25, 0.3) is 0 Å². The predicted octanol–water partition coefficient (Wildman–Crippen LogP) is 2.48. The molecule has 3 rings (SSSR count). The highest BCUT2D eigenvalue weighted by atomic mass is 16.4. The van der Waals surface area contributed by atoms with Gasteiger partial charge in [-0.15, -0.1) is 5.10 Å². The predicted molar refractivity (Wildman–Crippen MR) is 74.4 cm³/mol. The van der Waals surface area contributed by atoms with Crippen LogP contribution < -0.4 is 5.32 Å². The lowest BCUT2D eigenvalue weighted by Gasteiger charge is -2.08. The molecule has 0 radical (unpaired) electrons. The monoisotopic (exact) mass is 268 g/mol. The summed E-state index contributed by atoms with van der Waals surface area (Å²) in [6.07, 6.45) is 1.39. The Hall–Kier alpha value is -2.89. The minimum Gasteiger partial charge on any atom is -0.476 e. The fourth-order valence-electron chi connectivity index (χ4n) is 1.90. The number of carboxylic acid groups (broad SMARTS) is 1. The molecule has 0 bridgehead atoms. The molecule has 0 aliphatic carbocycles. The van der Waals surface area contributed by atoms with Crippen LogP contribution in [0.25, 0.3) is 5.65 Å². The average Bonchev–Trinajstić information content (AvgIpc) is 2.85. The Kier molecular flexibility index (Phi) is 2.83. The number of carboxylic acids is 1. The molecule has 6 heteroatoms. The average molecular weight is 268 g/mol. The zero-order valence-corrected chi connectivity index (χ0v) is 10.7. The van der Waals surface area contributed by atoms with Crippen LogP contribution in [0, 0.1) is 6.92 Å². The number of hydrogen-bond donors (Lipinski definition) is 2. The molecule has 1 aromatic carbocycles. The van der Waals surface area contributed by atoms with Gasteiger partial charge in [0, 0.05) is 5.69 Å². The summed E-state index contributed by atoms with van der Waals surface area (Å²) in [6, 6.07) is 11.3. The number of hydrogen-bond acceptors (Lipinski definition) is 4. The molecular weight excluding hydrogens is 256 g/mol. The van der Waals surface area contributed by atoms with Crippen molar-refractivity contribution in [3.05, 3.63) is 53.9 Å². The quantitative estimate of drug-likeness (QED) is 0.762. The van der Waals surface area contributed by atoms with Crippen LogP contribution in [0.15, 0.2) is 42.6 Å². The van der Waals surface area contributed by atoms with Gasteiger partial charge in [0.1, 0.15) is 0 Å². The van der Waals surface area contributed by atoms with E-state index in [1.165, 1.54) is 10.7 Å². The fourth-order valence-corrected chi connectivity index (χ4v) is 1.90. The molecule has 0 amide bonds. The third-order valence-electron chi connectivity index (χ3n) is 2.95. The minimum absolute atomic E-state index is 0.0226. The van der Waals surface area contributed by atoms with E-state index in [1.807, 2.05) is 31.2 Å². The number of carbonyl (C=O) groups is 1. The summed E-state index contributed by atoms with van der Waals surface area (Å²) >= 11 is 0. The molecule has 3 aromatic rings. The van der Waals surface area contributed by atoms with Crippen molar-refractivity contribution in [3.63, 3.8) is 0 Å². The normalized spacial score (nSPS) is 10.7. The van der Waals surface area contributed by atoms with Crippen molar-refractivity contribution in [2.75, 3.05) is 5.32 Å². The summed E-state index contributed by atoms with van der Waals surface area (Å²) in [5, 5.41) is 16.4. The van der Waals surface area contributed by atoms with E-state index < -0.39 is 5.97 Å². The Balaban J connectivity index is 1.97. The maximum atomic E-state index is 10.9. The van der Waals surface area contributed by atoms with Crippen LogP contribution in [-0.4, -0.2) is 25.7 Å². The Morgan fingerprint density at radius 3 is 2.80 bits per heavy atom. The summed E-state index contributed by atoms with van der Waals surface area (Å²) in [6.45, 7) is 2.00. The van der Waals surface area contributed by atoms with E-state index in [-0.39, 0.29) is 5.69 Å². The van der Waals surface area contributed by atoms with E-state index in [2.05, 4.69) is 15.4 Å². The first kappa shape index (κ1) is 12.2. The molecule has 100 valence electrons. The van der Waals surface area contributed by atoms with E-state index in [9.17, 15) is 4.79 Å². The van der Waals surface area contributed by atoms with Crippen LogP contribution in [0.3, 0.4) is 0 Å². The molecule has 0 unspecified atom stereocenters. The SMILES string of the molecule is Cc1ccccc1Nc1ccc2nc(C(=O)O)cn2n1. The minimum atomic E-state index is -1.07. The molecule has 0 aliphatic rings. The van der Waals surface area contributed by atoms with E-state index in [0.717, 1.165) is 11.3 Å². The smallest absolute Gasteiger partial charge is 0.356 e. The van der Waals surface area contributed by atoms with Crippen LogP contribution in [0.5, 0.6) is 0 Å². The molecule has 2 heterocycles. The van der Waals surface area contributed by atoms with E-state index in [0.29, 0.717) is 11.5 Å². The zero-order chi connectivity index (χ0) is 14.1. The lowest BCUT2D eigenvalue weighted by Crippen LogP contribution is -1.99. The van der Waals surface area contributed by atoms with E-state index in [4.69, 9.17) is 5.11 Å². The van der Waals surface area contributed by atoms with Crippen molar-refractivity contribution in [1.82, 2.24) is 14.6 Å². The lowest BCUT2D eigenvalue weighted by atomic mass is 10.2. The Morgan fingerprint density at radius 2 is 2.05 bits per heavy atom. The van der Waals surface area contributed by atoms with Crippen molar-refractivity contribution < 1.29 is 9.90 Å². The van der Waals surface area contributed by atoms with Gasteiger partial charge in [-0.25, -0.2) is 14.3 Å². The van der Waals surface area contributed by atoms with Gasteiger partial charge in [-0.1, -0.05) is 18.2 Å². The van der Waals surface area contributed by atoms with Gasteiger partial charge < -0.3 is 10.4 Å². The number of rotatable bonds is 3. The first-order valence-corrected chi connectivity index (χ1v) is 6.06. The van der Waals surface area contributed by atoms with Crippen molar-refractivity contribution in [3.8, 4) is 0 Å². The van der Waals surface area contributed by atoms with Crippen molar-refractivity contribution >= 4 is 23.1 Å². The summed E-state index contributed by atoms with van der Waals surface area (Å²) in [4.78, 5) is 14.8. The van der Waals surface area contributed by atoms with Crippen LogP contribution >= 0.6 is 0 Å². The number of anilines is 2. The maximum absolute atomic E-state index is 10.9. The standard InChI is InChI=1S/C14H12N4O2/c1-9-4-2-3-5-10(9)15-12-6-7-13-16-11(14(19)20)8-18(13)17-12/h2-8H,1H3,(H,15,17)(H,19,20). The number of aryl methyl sites for hydroxylation is 1. The Bertz CT molecular complexity index is 795. The molecule has 0 saturated heterocycles. The van der Waals surface area contributed by atoms with Gasteiger partial charge in [0.05, 0.1) is 6.20 Å². The molecule has 0 spiro atoms. The molecule has 0 atom stereocenters. The first-order valence-electron chi connectivity index (χ1n) is 6.06. The van der Waals surface area contributed by atoms with Crippen molar-refractivity contribution in [2.45, 2.75) is 6.92 Å². The second kappa shape index (κ2) is 4.65. The van der Waals surface area contributed by atoms with Crippen LogP contribution in [0.2, 0.25) is 0 Å². The number of fused-ring (bicyclic) bond motifs is 1. The van der Waals surface area contributed by atoms with Crippen LogP contribution in [0.4, 0.5) is 11.5 Å². The molecule has 2 N–H and O–H groups in total. The first-order chi connectivity index (χ1) is 9.63. The molecule has 2 aromatic heterocycles.